The Morgan fingerprint density at radius 2 is 2.00 bits per heavy atom. The van der Waals surface area contributed by atoms with Gasteiger partial charge >= 0.3 is 0 Å². The van der Waals surface area contributed by atoms with Crippen molar-refractivity contribution >= 4 is 34.0 Å². The Labute approximate surface area is 171 Å². The van der Waals surface area contributed by atoms with E-state index >= 15 is 0 Å². The number of carbonyl (C=O) groups is 1. The molecule has 29 heavy (non-hydrogen) atoms. The number of nitrogens with one attached hydrogen (secondary N) is 1. The second kappa shape index (κ2) is 7.98. The summed E-state index contributed by atoms with van der Waals surface area (Å²) in [5, 5.41) is 44.6. The van der Waals surface area contributed by atoms with Gasteiger partial charge < -0.3 is 30.5 Å². The second-order valence-electron chi connectivity index (χ2n) is 7.35. The number of anilines is 1. The van der Waals surface area contributed by atoms with Gasteiger partial charge in [0.1, 0.15) is 24.4 Å². The van der Waals surface area contributed by atoms with Crippen LogP contribution in [0.25, 0.3) is 11.1 Å². The van der Waals surface area contributed by atoms with Crippen molar-refractivity contribution in [1.29, 1.82) is 0 Å². The van der Waals surface area contributed by atoms with E-state index in [2.05, 4.69) is 5.32 Å². The van der Waals surface area contributed by atoms with Crippen molar-refractivity contribution in [2.45, 2.75) is 44.0 Å². The molecule has 1 aromatic carbocycles. The summed E-state index contributed by atoms with van der Waals surface area (Å²) in [5.74, 6) is 0.0527. The lowest BCUT2D eigenvalue weighted by Gasteiger charge is -2.40. The molecule has 1 saturated heterocycles. The molecule has 4 rings (SSSR count). The maximum atomic E-state index is 12.8. The molecule has 0 saturated carbocycles. The van der Waals surface area contributed by atoms with Gasteiger partial charge in [0, 0.05) is 22.6 Å². The summed E-state index contributed by atoms with van der Waals surface area (Å²) in [4.78, 5) is 13.7. The summed E-state index contributed by atoms with van der Waals surface area (Å²) < 4.78 is 5.18. The molecular formula is C21H23NO6S. The van der Waals surface area contributed by atoms with Crippen LogP contribution in [0.3, 0.4) is 0 Å². The van der Waals surface area contributed by atoms with E-state index < -0.39 is 37.3 Å². The highest BCUT2D eigenvalue weighted by molar-refractivity contribution is 7.11. The molecule has 1 aliphatic heterocycles. The number of rotatable bonds is 4. The van der Waals surface area contributed by atoms with Crippen LogP contribution < -0.4 is 5.32 Å². The second-order valence-corrected chi connectivity index (χ2v) is 8.30. The first-order valence-electron chi connectivity index (χ1n) is 9.39. The van der Waals surface area contributed by atoms with E-state index in [1.807, 2.05) is 36.6 Å². The third-order valence-corrected chi connectivity index (χ3v) is 6.40. The smallest absolute Gasteiger partial charge is 0.178 e. The van der Waals surface area contributed by atoms with Gasteiger partial charge in [0.05, 0.1) is 6.61 Å². The van der Waals surface area contributed by atoms with Gasteiger partial charge in [-0.2, -0.15) is 0 Å². The molecule has 1 aromatic heterocycles. The lowest BCUT2D eigenvalue weighted by Crippen LogP contribution is -2.61. The van der Waals surface area contributed by atoms with Crippen molar-refractivity contribution in [1.82, 2.24) is 0 Å². The van der Waals surface area contributed by atoms with Gasteiger partial charge in [-0.25, -0.2) is 0 Å². The number of ether oxygens (including phenoxy) is 1. The Hall–Kier alpha value is -2.07. The quantitative estimate of drug-likeness (QED) is 0.504. The number of Topliss-reactive ketones (excluding diaryl/α,β-unsaturated/α-hetero) is 1. The molecule has 8 heteroatoms. The van der Waals surface area contributed by atoms with Crippen molar-refractivity contribution in [3.8, 4) is 0 Å². The number of benzene rings is 1. The lowest BCUT2D eigenvalue weighted by molar-refractivity contribution is -0.245. The fourth-order valence-corrected chi connectivity index (χ4v) is 4.83. The average Bonchev–Trinajstić information content (AvgIpc) is 3.22. The van der Waals surface area contributed by atoms with Crippen molar-refractivity contribution in [3.05, 3.63) is 51.7 Å². The van der Waals surface area contributed by atoms with Gasteiger partial charge in [0.2, 0.25) is 0 Å². The summed E-state index contributed by atoms with van der Waals surface area (Å²) in [6.07, 6.45) is -4.87. The van der Waals surface area contributed by atoms with Crippen LogP contribution in [0.15, 0.2) is 35.7 Å². The summed E-state index contributed by atoms with van der Waals surface area (Å²) in [6, 6.07) is 8.40. The maximum Gasteiger partial charge on any atom is 0.178 e. The fourth-order valence-electron chi connectivity index (χ4n) is 3.99. The van der Waals surface area contributed by atoms with Gasteiger partial charge in [0.25, 0.3) is 0 Å². The number of aliphatic hydroxyl groups excluding tert-OH is 4. The minimum Gasteiger partial charge on any atom is -0.394 e. The lowest BCUT2D eigenvalue weighted by atomic mass is 9.84. The van der Waals surface area contributed by atoms with Crippen LogP contribution in [0.2, 0.25) is 0 Å². The molecule has 2 heterocycles. The van der Waals surface area contributed by atoms with Gasteiger partial charge in [-0.1, -0.05) is 12.1 Å². The number of carbonyl (C=O) groups excluding carboxylic acids is 1. The van der Waals surface area contributed by atoms with Crippen LogP contribution in [0, 0.1) is 0 Å². The van der Waals surface area contributed by atoms with E-state index in [9.17, 15) is 25.2 Å². The van der Waals surface area contributed by atoms with Crippen LogP contribution in [0.4, 0.5) is 5.69 Å². The first-order chi connectivity index (χ1) is 13.9. The monoisotopic (exact) mass is 417 g/mol. The zero-order chi connectivity index (χ0) is 20.7. The standard InChI is InChI=1S/C21H23NO6S/c1-10-13-5-4-12(22-18-20(26)19(25)15(9-23)28-21(18)27)7-11(13)8-14(24)17(10)16-3-2-6-29-16/h2-7,15,18-23,25-27H,8-9H2,1H3/t15?,18?,19-,20-,21-/m0/s1. The van der Waals surface area contributed by atoms with E-state index in [1.165, 1.54) is 11.3 Å². The Kier molecular flexibility index (Phi) is 5.56. The molecular weight excluding hydrogens is 394 g/mol. The normalized spacial score (nSPS) is 29.7. The predicted molar refractivity (Wildman–Crippen MR) is 109 cm³/mol. The van der Waals surface area contributed by atoms with Crippen LogP contribution in [0.1, 0.15) is 22.9 Å². The number of hydrogen-bond acceptors (Lipinski definition) is 8. The van der Waals surface area contributed by atoms with E-state index in [-0.39, 0.29) is 12.2 Å². The zero-order valence-corrected chi connectivity index (χ0v) is 16.6. The first-order valence-corrected chi connectivity index (χ1v) is 10.3. The van der Waals surface area contributed by atoms with E-state index in [4.69, 9.17) is 4.74 Å². The number of fused-ring (bicyclic) bond motifs is 1. The minimum absolute atomic E-state index is 0.0527. The van der Waals surface area contributed by atoms with Gasteiger partial charge in [-0.05, 0) is 47.2 Å². The topological polar surface area (TPSA) is 119 Å². The van der Waals surface area contributed by atoms with Gasteiger partial charge in [-0.15, -0.1) is 11.3 Å². The van der Waals surface area contributed by atoms with Crippen LogP contribution in [-0.2, 0) is 16.0 Å². The maximum absolute atomic E-state index is 12.8. The third-order valence-electron chi connectivity index (χ3n) is 5.52. The molecule has 0 bridgehead atoms. The summed E-state index contributed by atoms with van der Waals surface area (Å²) in [7, 11) is 0. The Balaban J connectivity index is 1.60. The molecule has 1 fully saturated rings. The Morgan fingerprint density at radius 3 is 2.69 bits per heavy atom. The largest absolute Gasteiger partial charge is 0.394 e. The molecule has 2 unspecified atom stereocenters. The average molecular weight is 417 g/mol. The van der Waals surface area contributed by atoms with Crippen molar-refractivity contribution < 1.29 is 30.0 Å². The number of allylic oxidation sites excluding steroid dienone is 2. The van der Waals surface area contributed by atoms with E-state index in [1.54, 1.807) is 6.07 Å². The highest BCUT2D eigenvalue weighted by Gasteiger charge is 2.43. The summed E-state index contributed by atoms with van der Waals surface area (Å²) in [5.41, 5.74) is 4.10. The highest BCUT2D eigenvalue weighted by Crippen LogP contribution is 2.37. The molecule has 1 aliphatic carbocycles. The molecule has 7 nitrogen and oxygen atoms in total. The highest BCUT2D eigenvalue weighted by atomic mass is 32.1. The fraction of sp³-hybridized carbons (Fsp3) is 0.381. The van der Waals surface area contributed by atoms with Crippen molar-refractivity contribution in [2.24, 2.45) is 0 Å². The molecule has 0 spiro atoms. The number of ketones is 1. The molecule has 154 valence electrons. The Morgan fingerprint density at radius 1 is 1.21 bits per heavy atom. The van der Waals surface area contributed by atoms with Crippen LogP contribution >= 0.6 is 11.3 Å². The molecule has 2 aliphatic rings. The number of aliphatic hydroxyl groups is 4. The van der Waals surface area contributed by atoms with Gasteiger partial charge in [-0.3, -0.25) is 4.79 Å². The van der Waals surface area contributed by atoms with Crippen LogP contribution in [0.5, 0.6) is 0 Å². The number of hydrogen-bond donors (Lipinski definition) is 5. The van der Waals surface area contributed by atoms with Gasteiger partial charge in [0.15, 0.2) is 12.1 Å². The van der Waals surface area contributed by atoms with Crippen LogP contribution in [-0.4, -0.2) is 63.5 Å². The molecule has 5 atom stereocenters. The van der Waals surface area contributed by atoms with Crippen molar-refractivity contribution in [3.63, 3.8) is 0 Å². The number of thiophene rings is 1. The SMILES string of the molecule is CC1=C(c2cccs2)C(=O)Cc2cc(NC3[C@@H](O)OC(CO)[C@H](O)[C@H]3O)ccc21. The van der Waals surface area contributed by atoms with E-state index in [0.717, 1.165) is 27.2 Å². The summed E-state index contributed by atoms with van der Waals surface area (Å²) in [6.45, 7) is 1.42. The summed E-state index contributed by atoms with van der Waals surface area (Å²) >= 11 is 1.54. The first kappa shape index (κ1) is 20.2. The van der Waals surface area contributed by atoms with E-state index in [0.29, 0.717) is 5.69 Å². The third kappa shape index (κ3) is 3.63. The molecule has 2 aromatic rings. The predicted octanol–water partition coefficient (Wildman–Crippen LogP) is 1.02. The zero-order valence-electron chi connectivity index (χ0n) is 15.8. The molecule has 0 amide bonds. The van der Waals surface area contributed by atoms with Crippen molar-refractivity contribution in [2.75, 3.05) is 11.9 Å². The minimum atomic E-state index is -1.41. The molecule has 0 radical (unpaired) electrons. The molecule has 5 N–H and O–H groups in total. The Bertz CT molecular complexity index is 941.